The Hall–Kier alpha value is -1.25. The summed E-state index contributed by atoms with van der Waals surface area (Å²) in [7, 11) is 0. The average molecular weight is 219 g/mol. The molecule has 3 nitrogen and oxygen atoms in total. The summed E-state index contributed by atoms with van der Waals surface area (Å²) in [5, 5.41) is 17.4. The van der Waals surface area contributed by atoms with Crippen LogP contribution in [-0.2, 0) is 6.61 Å². The van der Waals surface area contributed by atoms with E-state index in [0.717, 1.165) is 6.20 Å². The molecule has 0 saturated carbocycles. The van der Waals surface area contributed by atoms with E-state index in [-0.39, 0.29) is 16.1 Å². The molecule has 1 rings (SSSR count). The van der Waals surface area contributed by atoms with Gasteiger partial charge >= 0.3 is 0 Å². The van der Waals surface area contributed by atoms with E-state index in [2.05, 4.69) is 4.98 Å². The Kier molecular flexibility index (Phi) is 3.33. The van der Waals surface area contributed by atoms with E-state index in [0.29, 0.717) is 0 Å². The summed E-state index contributed by atoms with van der Waals surface area (Å²) in [6.45, 7) is -0.566. The molecule has 0 spiro atoms. The molecule has 0 aliphatic rings. The van der Waals surface area contributed by atoms with Crippen molar-refractivity contribution in [2.45, 2.75) is 13.0 Å². The van der Waals surface area contributed by atoms with Crippen molar-refractivity contribution in [1.82, 2.24) is 4.98 Å². The van der Waals surface area contributed by atoms with Gasteiger partial charge in [0.2, 0.25) is 0 Å². The van der Waals surface area contributed by atoms with Crippen molar-refractivity contribution >= 4 is 11.6 Å². The highest BCUT2D eigenvalue weighted by atomic mass is 35.5. The molecular weight excluding hydrogens is 214 g/mol. The molecule has 0 aromatic carbocycles. The van der Waals surface area contributed by atoms with Crippen LogP contribution in [0.4, 0.5) is 8.78 Å². The van der Waals surface area contributed by atoms with E-state index in [1.54, 1.807) is 6.07 Å². The quantitative estimate of drug-likeness (QED) is 0.826. The third-order valence-corrected chi connectivity index (χ3v) is 1.97. The number of nitrogens with zero attached hydrogens (tertiary/aromatic N) is 2. The lowest BCUT2D eigenvalue weighted by Gasteiger charge is -2.07. The minimum Gasteiger partial charge on any atom is -0.392 e. The van der Waals surface area contributed by atoms with Gasteiger partial charge in [-0.1, -0.05) is 11.6 Å². The number of hydrogen-bond donors (Lipinski definition) is 1. The molecule has 1 aromatic rings. The number of rotatable bonds is 2. The first-order chi connectivity index (χ1) is 6.61. The van der Waals surface area contributed by atoms with Gasteiger partial charge in [0, 0.05) is 11.8 Å². The fourth-order valence-corrected chi connectivity index (χ4v) is 1.19. The molecule has 0 unspecified atom stereocenters. The molecule has 1 heterocycles. The normalized spacial score (nSPS) is 10.3. The van der Waals surface area contributed by atoms with Crippen molar-refractivity contribution in [1.29, 1.82) is 5.26 Å². The molecule has 0 amide bonds. The predicted molar refractivity (Wildman–Crippen MR) is 44.8 cm³/mol. The van der Waals surface area contributed by atoms with E-state index < -0.39 is 18.7 Å². The Balaban J connectivity index is 3.43. The third-order valence-electron chi connectivity index (χ3n) is 1.64. The average Bonchev–Trinajstić information content (AvgIpc) is 2.16. The highest BCUT2D eigenvalue weighted by Crippen LogP contribution is 2.27. The molecule has 14 heavy (non-hydrogen) atoms. The molecule has 0 bridgehead atoms. The largest absolute Gasteiger partial charge is 0.392 e. The molecular formula is C8H5ClF2N2O. The van der Waals surface area contributed by atoms with Crippen LogP contribution in [0.15, 0.2) is 6.20 Å². The number of pyridine rings is 1. The number of aliphatic hydroxyl groups is 1. The lowest BCUT2D eigenvalue weighted by molar-refractivity contribution is 0.145. The topological polar surface area (TPSA) is 56.9 Å². The van der Waals surface area contributed by atoms with Crippen LogP contribution >= 0.6 is 11.6 Å². The highest BCUT2D eigenvalue weighted by molar-refractivity contribution is 6.31. The zero-order chi connectivity index (χ0) is 10.7. The number of aromatic nitrogens is 1. The minimum absolute atomic E-state index is 0.00782. The summed E-state index contributed by atoms with van der Waals surface area (Å²) in [5.74, 6) is 0. The SMILES string of the molecule is N#Cc1c(C(F)F)ncc(Cl)c1CO. The number of halogens is 3. The molecule has 0 saturated heterocycles. The first-order valence-corrected chi connectivity index (χ1v) is 3.96. The van der Waals surface area contributed by atoms with Crippen LogP contribution in [0.25, 0.3) is 0 Å². The van der Waals surface area contributed by atoms with Crippen molar-refractivity contribution in [2.24, 2.45) is 0 Å². The van der Waals surface area contributed by atoms with Gasteiger partial charge in [0.1, 0.15) is 11.8 Å². The Morgan fingerprint density at radius 1 is 1.64 bits per heavy atom. The summed E-state index contributed by atoms with van der Waals surface area (Å²) in [6, 6.07) is 1.55. The zero-order valence-electron chi connectivity index (χ0n) is 6.84. The Morgan fingerprint density at radius 2 is 2.29 bits per heavy atom. The standard InChI is InChI=1S/C8H5ClF2N2O/c9-6-2-13-7(8(10)11)4(1-12)5(6)3-14/h2,8,14H,3H2. The van der Waals surface area contributed by atoms with Crippen LogP contribution in [0.2, 0.25) is 5.02 Å². The van der Waals surface area contributed by atoms with Gasteiger partial charge in [-0.05, 0) is 0 Å². The lowest BCUT2D eigenvalue weighted by Crippen LogP contribution is -2.01. The van der Waals surface area contributed by atoms with E-state index in [1.165, 1.54) is 0 Å². The van der Waals surface area contributed by atoms with Gasteiger partial charge in [0.25, 0.3) is 6.43 Å². The second kappa shape index (κ2) is 4.31. The van der Waals surface area contributed by atoms with E-state index >= 15 is 0 Å². The number of hydrogen-bond acceptors (Lipinski definition) is 3. The second-order valence-corrected chi connectivity index (χ2v) is 2.82. The first kappa shape index (κ1) is 10.8. The molecule has 1 aromatic heterocycles. The van der Waals surface area contributed by atoms with E-state index in [4.69, 9.17) is 22.0 Å². The number of nitriles is 1. The Bertz CT molecular complexity index is 390. The minimum atomic E-state index is -2.85. The monoisotopic (exact) mass is 218 g/mol. The van der Waals surface area contributed by atoms with Gasteiger partial charge in [-0.15, -0.1) is 0 Å². The maximum absolute atomic E-state index is 12.3. The summed E-state index contributed by atoms with van der Waals surface area (Å²) >= 11 is 5.57. The zero-order valence-corrected chi connectivity index (χ0v) is 7.59. The maximum Gasteiger partial charge on any atom is 0.281 e. The molecule has 0 aliphatic heterocycles. The molecule has 0 aliphatic carbocycles. The lowest BCUT2D eigenvalue weighted by atomic mass is 10.1. The maximum atomic E-state index is 12.3. The van der Waals surface area contributed by atoms with Crippen LogP contribution in [0, 0.1) is 11.3 Å². The molecule has 0 atom stereocenters. The highest BCUT2D eigenvalue weighted by Gasteiger charge is 2.19. The van der Waals surface area contributed by atoms with Gasteiger partial charge in [-0.3, -0.25) is 4.98 Å². The van der Waals surface area contributed by atoms with Gasteiger partial charge in [0.15, 0.2) is 0 Å². The van der Waals surface area contributed by atoms with Gasteiger partial charge in [0.05, 0.1) is 17.2 Å². The molecule has 1 N–H and O–H groups in total. The van der Waals surface area contributed by atoms with Crippen molar-refractivity contribution in [3.8, 4) is 6.07 Å². The fourth-order valence-electron chi connectivity index (χ4n) is 0.987. The predicted octanol–water partition coefficient (Wildman–Crippen LogP) is 2.04. The molecule has 6 heteroatoms. The van der Waals surface area contributed by atoms with E-state index in [1.807, 2.05) is 0 Å². The first-order valence-electron chi connectivity index (χ1n) is 3.58. The van der Waals surface area contributed by atoms with Gasteiger partial charge in [-0.25, -0.2) is 8.78 Å². The number of aliphatic hydroxyl groups excluding tert-OH is 1. The van der Waals surface area contributed by atoms with Crippen molar-refractivity contribution in [2.75, 3.05) is 0 Å². The Morgan fingerprint density at radius 3 is 2.71 bits per heavy atom. The molecule has 74 valence electrons. The second-order valence-electron chi connectivity index (χ2n) is 2.42. The van der Waals surface area contributed by atoms with Gasteiger partial charge < -0.3 is 5.11 Å². The molecule has 0 fully saturated rings. The van der Waals surface area contributed by atoms with Crippen LogP contribution in [-0.4, -0.2) is 10.1 Å². The summed E-state index contributed by atoms with van der Waals surface area (Å²) in [5.41, 5.74) is -1.02. The smallest absolute Gasteiger partial charge is 0.281 e. The number of alkyl halides is 2. The Labute approximate surface area is 83.6 Å². The third kappa shape index (κ3) is 1.81. The van der Waals surface area contributed by atoms with Crippen molar-refractivity contribution < 1.29 is 13.9 Å². The molecule has 0 radical (unpaired) electrons. The van der Waals surface area contributed by atoms with Crippen molar-refractivity contribution in [3.05, 3.63) is 28.0 Å². The van der Waals surface area contributed by atoms with Crippen LogP contribution in [0.1, 0.15) is 23.2 Å². The van der Waals surface area contributed by atoms with Crippen molar-refractivity contribution in [3.63, 3.8) is 0 Å². The van der Waals surface area contributed by atoms with Crippen LogP contribution in [0.5, 0.6) is 0 Å². The summed E-state index contributed by atoms with van der Waals surface area (Å²) in [6.07, 6.45) is -1.86. The van der Waals surface area contributed by atoms with Crippen LogP contribution in [0.3, 0.4) is 0 Å². The van der Waals surface area contributed by atoms with E-state index in [9.17, 15) is 8.78 Å². The van der Waals surface area contributed by atoms with Gasteiger partial charge in [-0.2, -0.15) is 5.26 Å². The summed E-state index contributed by atoms with van der Waals surface area (Å²) in [4.78, 5) is 3.34. The van der Waals surface area contributed by atoms with Crippen LogP contribution < -0.4 is 0 Å². The summed E-state index contributed by atoms with van der Waals surface area (Å²) < 4.78 is 24.6. The fraction of sp³-hybridized carbons (Fsp3) is 0.250.